The molecular weight excluding hydrogens is 623 g/mol. The van der Waals surface area contributed by atoms with E-state index in [1.165, 1.54) is 18.2 Å². The first-order chi connectivity index (χ1) is 16.6. The third-order valence-corrected chi connectivity index (χ3v) is 9.80. The first-order valence-corrected chi connectivity index (χ1v) is 13.8. The Labute approximate surface area is 230 Å². The van der Waals surface area contributed by atoms with E-state index < -0.39 is 35.6 Å². The molecule has 184 valence electrons. The van der Waals surface area contributed by atoms with Gasteiger partial charge in [0.15, 0.2) is 5.78 Å². The molecule has 2 fully saturated rings. The van der Waals surface area contributed by atoms with Crippen molar-refractivity contribution in [2.75, 3.05) is 0 Å². The van der Waals surface area contributed by atoms with Gasteiger partial charge in [0.05, 0.1) is 22.4 Å². The number of ketones is 1. The molecule has 0 bridgehead atoms. The van der Waals surface area contributed by atoms with Gasteiger partial charge in [0.2, 0.25) is 0 Å². The van der Waals surface area contributed by atoms with Crippen LogP contribution in [0.2, 0.25) is 10.0 Å². The number of nitrogens with zero attached hydrogens (tertiary/aromatic N) is 2. The van der Waals surface area contributed by atoms with Gasteiger partial charge in [0, 0.05) is 20.2 Å². The van der Waals surface area contributed by atoms with E-state index in [2.05, 4.69) is 31.9 Å². The zero-order valence-electron chi connectivity index (χ0n) is 18.7. The minimum atomic E-state index is -1.09. The van der Waals surface area contributed by atoms with Crippen LogP contribution in [0.5, 0.6) is 0 Å². The van der Waals surface area contributed by atoms with Gasteiger partial charge in [-0.15, -0.1) is 0 Å². The van der Waals surface area contributed by atoms with Gasteiger partial charge in [-0.1, -0.05) is 92.3 Å². The molecule has 5 atom stereocenters. The molecule has 1 saturated carbocycles. The third-order valence-electron chi connectivity index (χ3n) is 6.52. The van der Waals surface area contributed by atoms with E-state index in [-0.39, 0.29) is 32.4 Å². The maximum Gasteiger partial charge on any atom is 0.275 e. The van der Waals surface area contributed by atoms with E-state index in [1.807, 2.05) is 0 Å². The predicted octanol–water partition coefficient (Wildman–Crippen LogP) is 5.93. The summed E-state index contributed by atoms with van der Waals surface area (Å²) in [5, 5.41) is 2.30. The fourth-order valence-corrected chi connectivity index (χ4v) is 6.44. The molecule has 2 aliphatic rings. The Bertz CT molecular complexity index is 1150. The summed E-state index contributed by atoms with van der Waals surface area (Å²) in [6.45, 7) is 1.73. The van der Waals surface area contributed by atoms with Crippen molar-refractivity contribution in [2.45, 2.75) is 41.9 Å². The molecule has 1 saturated heterocycles. The van der Waals surface area contributed by atoms with E-state index >= 15 is 0 Å². The molecule has 4 rings (SSSR count). The number of rotatable bonds is 6. The average molecular weight is 645 g/mol. The maximum atomic E-state index is 13.9. The predicted molar refractivity (Wildman–Crippen MR) is 141 cm³/mol. The SMILES string of the molecule is CC[C@H](C(=O)c1ccccc1)N(C(=O)c1ccc(Cl)cc1Cl)N1C(=O)[C@H]2C[C@H](Br)[C@@H](Br)C[C@H]2C1=O. The van der Waals surface area contributed by atoms with Crippen molar-refractivity contribution in [3.05, 3.63) is 69.7 Å². The van der Waals surface area contributed by atoms with Crippen molar-refractivity contribution in [2.24, 2.45) is 11.8 Å². The Kier molecular flexibility index (Phi) is 8.05. The minimum absolute atomic E-state index is 0.00299. The maximum absolute atomic E-state index is 13.9. The first-order valence-electron chi connectivity index (χ1n) is 11.2. The highest BCUT2D eigenvalue weighted by molar-refractivity contribution is 9.12. The van der Waals surface area contributed by atoms with Crippen LogP contribution < -0.4 is 0 Å². The van der Waals surface area contributed by atoms with Gasteiger partial charge in [-0.25, -0.2) is 5.01 Å². The van der Waals surface area contributed by atoms with Crippen LogP contribution in [0.1, 0.15) is 46.9 Å². The molecule has 1 aliphatic carbocycles. The van der Waals surface area contributed by atoms with Crippen molar-refractivity contribution in [1.29, 1.82) is 0 Å². The fourth-order valence-electron chi connectivity index (χ4n) is 4.71. The molecule has 0 radical (unpaired) electrons. The summed E-state index contributed by atoms with van der Waals surface area (Å²) in [4.78, 5) is 54.7. The van der Waals surface area contributed by atoms with Gasteiger partial charge in [0.25, 0.3) is 17.7 Å². The molecule has 10 heteroatoms. The normalized spacial score (nSPS) is 24.8. The number of Topliss-reactive ketones (excluding diaryl/α,β-unsaturated/α-hetero) is 1. The first kappa shape index (κ1) is 26.3. The van der Waals surface area contributed by atoms with E-state index in [0.29, 0.717) is 23.4 Å². The summed E-state index contributed by atoms with van der Waals surface area (Å²) >= 11 is 19.5. The number of hydrogen-bond donors (Lipinski definition) is 0. The summed E-state index contributed by atoms with van der Waals surface area (Å²) in [6.07, 6.45) is 1.06. The summed E-state index contributed by atoms with van der Waals surface area (Å²) < 4.78 is 0. The second kappa shape index (κ2) is 10.7. The second-order valence-corrected chi connectivity index (χ2v) is 11.8. The van der Waals surface area contributed by atoms with Crippen LogP contribution in [-0.4, -0.2) is 49.2 Å². The summed E-state index contributed by atoms with van der Waals surface area (Å²) in [5.41, 5.74) is 0.416. The number of amides is 3. The number of imide groups is 1. The highest BCUT2D eigenvalue weighted by atomic mass is 79.9. The number of fused-ring (bicyclic) bond motifs is 1. The summed E-state index contributed by atoms with van der Waals surface area (Å²) in [6, 6.07) is 11.7. The van der Waals surface area contributed by atoms with Crippen LogP contribution in [0, 0.1) is 11.8 Å². The smallest absolute Gasteiger partial charge is 0.275 e. The molecular formula is C25H22Br2Cl2N2O4. The molecule has 0 N–H and O–H groups in total. The number of alkyl halides is 2. The van der Waals surface area contributed by atoms with Crippen LogP contribution in [0.3, 0.4) is 0 Å². The Morgan fingerprint density at radius 3 is 2.09 bits per heavy atom. The number of hydrogen-bond acceptors (Lipinski definition) is 4. The molecule has 1 heterocycles. The average Bonchev–Trinajstić information content (AvgIpc) is 3.06. The molecule has 0 unspecified atom stereocenters. The molecule has 35 heavy (non-hydrogen) atoms. The third kappa shape index (κ3) is 4.95. The van der Waals surface area contributed by atoms with Gasteiger partial charge in [-0.2, -0.15) is 5.01 Å². The van der Waals surface area contributed by atoms with E-state index in [9.17, 15) is 19.2 Å². The van der Waals surface area contributed by atoms with E-state index in [4.69, 9.17) is 23.2 Å². The molecule has 0 spiro atoms. The van der Waals surface area contributed by atoms with Gasteiger partial charge < -0.3 is 0 Å². The van der Waals surface area contributed by atoms with Crippen LogP contribution in [0.15, 0.2) is 48.5 Å². The van der Waals surface area contributed by atoms with Gasteiger partial charge in [-0.3, -0.25) is 19.2 Å². The van der Waals surface area contributed by atoms with Crippen molar-refractivity contribution < 1.29 is 19.2 Å². The Morgan fingerprint density at radius 1 is 1.00 bits per heavy atom. The number of hydrazine groups is 1. The van der Waals surface area contributed by atoms with Gasteiger partial charge in [-0.05, 0) is 37.5 Å². The van der Waals surface area contributed by atoms with Crippen molar-refractivity contribution >= 4 is 78.6 Å². The molecule has 0 aromatic heterocycles. The summed E-state index contributed by atoms with van der Waals surface area (Å²) in [5.74, 6) is -3.22. The zero-order chi connectivity index (χ0) is 25.4. The fraction of sp³-hybridized carbons (Fsp3) is 0.360. The minimum Gasteiger partial charge on any atom is -0.292 e. The second-order valence-electron chi connectivity index (χ2n) is 8.63. The van der Waals surface area contributed by atoms with Crippen LogP contribution in [-0.2, 0) is 9.59 Å². The summed E-state index contributed by atoms with van der Waals surface area (Å²) in [7, 11) is 0. The molecule has 2 aromatic carbocycles. The van der Waals surface area contributed by atoms with Crippen molar-refractivity contribution in [3.8, 4) is 0 Å². The highest BCUT2D eigenvalue weighted by Crippen LogP contribution is 2.44. The lowest BCUT2D eigenvalue weighted by Crippen LogP contribution is -2.57. The molecule has 6 nitrogen and oxygen atoms in total. The van der Waals surface area contributed by atoms with Crippen LogP contribution in [0.4, 0.5) is 0 Å². The van der Waals surface area contributed by atoms with Crippen molar-refractivity contribution in [3.63, 3.8) is 0 Å². The molecule has 2 aromatic rings. The zero-order valence-corrected chi connectivity index (χ0v) is 23.4. The number of carbonyl (C=O) groups excluding carboxylic acids is 4. The quantitative estimate of drug-likeness (QED) is 0.222. The van der Waals surface area contributed by atoms with E-state index in [0.717, 1.165) is 10.0 Å². The number of halogens is 4. The van der Waals surface area contributed by atoms with Gasteiger partial charge >= 0.3 is 0 Å². The molecule has 1 aliphatic heterocycles. The standard InChI is InChI=1S/C25H22Br2Cl2N2O4/c1-2-21(22(32)13-6-4-3-5-7-13)30(23(33)15-9-8-14(28)10-20(15)29)31-24(34)16-11-18(26)19(27)12-17(16)25(31)35/h3-10,16-19,21H,2,11-12H2,1H3/t16-,17+,18-,19-,21+/m0/s1. The lowest BCUT2D eigenvalue weighted by atomic mass is 9.81. The van der Waals surface area contributed by atoms with Gasteiger partial charge in [0.1, 0.15) is 6.04 Å². The molecule has 3 amide bonds. The largest absolute Gasteiger partial charge is 0.292 e. The van der Waals surface area contributed by atoms with Crippen molar-refractivity contribution in [1.82, 2.24) is 10.0 Å². The van der Waals surface area contributed by atoms with E-state index in [1.54, 1.807) is 37.3 Å². The highest BCUT2D eigenvalue weighted by Gasteiger charge is 2.56. The monoisotopic (exact) mass is 642 g/mol. The van der Waals surface area contributed by atoms with Crippen LogP contribution >= 0.6 is 55.1 Å². The Morgan fingerprint density at radius 2 is 1.57 bits per heavy atom. The topological polar surface area (TPSA) is 74.8 Å². The Balaban J connectivity index is 1.81. The number of benzene rings is 2. The lowest BCUT2D eigenvalue weighted by Gasteiger charge is -2.36. The van der Waals surface area contributed by atoms with Crippen LogP contribution in [0.25, 0.3) is 0 Å². The Hall–Kier alpha value is -1.74. The number of carbonyl (C=O) groups is 4. The lowest BCUT2D eigenvalue weighted by molar-refractivity contribution is -0.156.